The van der Waals surface area contributed by atoms with E-state index in [1.165, 1.54) is 6.07 Å². The molecule has 0 spiro atoms. The maximum atomic E-state index is 12.5. The molecule has 0 aliphatic rings. The maximum absolute atomic E-state index is 12.5. The quantitative estimate of drug-likeness (QED) is 0.173. The van der Waals surface area contributed by atoms with E-state index in [1.807, 2.05) is 53.2 Å². The minimum Gasteiger partial charge on any atom is -0.451 e. The summed E-state index contributed by atoms with van der Waals surface area (Å²) in [6, 6.07) is 21.5. The monoisotopic (exact) mass is 516 g/mol. The Bertz CT molecular complexity index is 1580. The molecule has 0 fully saturated rings. The number of nitrogens with zero attached hydrogens (tertiary/aromatic N) is 3. The highest BCUT2D eigenvalue weighted by Crippen LogP contribution is 2.24. The zero-order valence-corrected chi connectivity index (χ0v) is 19.2. The second kappa shape index (κ2) is 8.95. The zero-order valence-electron chi connectivity index (χ0n) is 17.6. The highest BCUT2D eigenvalue weighted by Gasteiger charge is 2.13. The Balaban J connectivity index is 1.37. The van der Waals surface area contributed by atoms with Crippen LogP contribution in [0.25, 0.3) is 21.9 Å². The van der Waals surface area contributed by atoms with Gasteiger partial charge in [-0.3, -0.25) is 14.9 Å². The number of para-hydroxylation sites is 1. The van der Waals surface area contributed by atoms with Gasteiger partial charge in [-0.2, -0.15) is 5.10 Å². The van der Waals surface area contributed by atoms with Gasteiger partial charge >= 0.3 is 5.91 Å². The molecule has 0 radical (unpaired) electrons. The minimum atomic E-state index is -0.455. The highest BCUT2D eigenvalue weighted by molar-refractivity contribution is 9.10. The Kier molecular flexibility index (Phi) is 5.69. The van der Waals surface area contributed by atoms with Crippen LogP contribution in [-0.4, -0.2) is 21.6 Å². The van der Waals surface area contributed by atoms with Crippen LogP contribution < -0.4 is 5.43 Å². The van der Waals surface area contributed by atoms with Gasteiger partial charge in [0, 0.05) is 51.2 Å². The summed E-state index contributed by atoms with van der Waals surface area (Å²) >= 11 is 3.40. The first-order valence-corrected chi connectivity index (χ1v) is 11.1. The van der Waals surface area contributed by atoms with Crippen molar-refractivity contribution in [3.63, 3.8) is 0 Å². The zero-order chi connectivity index (χ0) is 23.7. The van der Waals surface area contributed by atoms with Gasteiger partial charge in [-0.25, -0.2) is 5.43 Å². The standard InChI is InChI=1S/C25H17BrN4O4/c26-19-8-9-23-17(11-19)12-24(34-23)25(31)28-27-13-18-15-29(22-7-2-1-6-21(18)22)14-16-4-3-5-20(10-16)30(32)33/h1-13,15H,14H2,(H,28,31)/b27-13+. The molecule has 0 saturated carbocycles. The van der Waals surface area contributed by atoms with E-state index < -0.39 is 10.8 Å². The number of aromatic nitrogens is 1. The van der Waals surface area contributed by atoms with Crippen molar-refractivity contribution in [2.75, 3.05) is 0 Å². The molecule has 168 valence electrons. The Labute approximate surface area is 201 Å². The molecule has 0 bridgehead atoms. The third-order valence-electron chi connectivity index (χ3n) is 5.37. The number of amides is 1. The predicted octanol–water partition coefficient (Wildman–Crippen LogP) is 5.87. The minimum absolute atomic E-state index is 0.0522. The van der Waals surface area contributed by atoms with Gasteiger partial charge in [-0.05, 0) is 35.9 Å². The second-order valence-corrected chi connectivity index (χ2v) is 8.56. The second-order valence-electron chi connectivity index (χ2n) is 7.65. The number of rotatable bonds is 6. The van der Waals surface area contributed by atoms with Gasteiger partial charge in [-0.1, -0.05) is 46.3 Å². The summed E-state index contributed by atoms with van der Waals surface area (Å²) < 4.78 is 8.49. The molecule has 5 rings (SSSR count). The van der Waals surface area contributed by atoms with Crippen molar-refractivity contribution in [1.82, 2.24) is 9.99 Å². The number of hydrazone groups is 1. The molecule has 8 nitrogen and oxygen atoms in total. The van der Waals surface area contributed by atoms with E-state index in [9.17, 15) is 14.9 Å². The number of fused-ring (bicyclic) bond motifs is 2. The van der Waals surface area contributed by atoms with E-state index >= 15 is 0 Å². The Morgan fingerprint density at radius 2 is 1.97 bits per heavy atom. The van der Waals surface area contributed by atoms with Crippen LogP contribution in [0.2, 0.25) is 0 Å². The van der Waals surface area contributed by atoms with Gasteiger partial charge in [0.25, 0.3) is 5.69 Å². The van der Waals surface area contributed by atoms with Crippen molar-refractivity contribution in [2.45, 2.75) is 6.54 Å². The molecule has 0 atom stereocenters. The predicted molar refractivity (Wildman–Crippen MR) is 133 cm³/mol. The van der Waals surface area contributed by atoms with Crippen molar-refractivity contribution >= 4 is 55.6 Å². The molecule has 0 aliphatic carbocycles. The third-order valence-corrected chi connectivity index (χ3v) is 5.86. The molecule has 0 unspecified atom stereocenters. The number of carbonyl (C=O) groups excluding carboxylic acids is 1. The van der Waals surface area contributed by atoms with E-state index in [-0.39, 0.29) is 11.4 Å². The number of nitrogens with one attached hydrogen (secondary N) is 1. The van der Waals surface area contributed by atoms with Crippen LogP contribution in [0.1, 0.15) is 21.7 Å². The van der Waals surface area contributed by atoms with E-state index in [2.05, 4.69) is 26.5 Å². The van der Waals surface area contributed by atoms with Crippen LogP contribution in [0.5, 0.6) is 0 Å². The summed E-state index contributed by atoms with van der Waals surface area (Å²) in [5.41, 5.74) is 5.73. The molecule has 2 heterocycles. The molecular weight excluding hydrogens is 500 g/mol. The van der Waals surface area contributed by atoms with Gasteiger partial charge in [0.15, 0.2) is 5.76 Å². The third kappa shape index (κ3) is 4.33. The topological polar surface area (TPSA) is 103 Å². The van der Waals surface area contributed by atoms with Crippen LogP contribution in [0.15, 0.2) is 93.0 Å². The molecule has 5 aromatic rings. The van der Waals surface area contributed by atoms with Crippen LogP contribution in [-0.2, 0) is 6.54 Å². The van der Waals surface area contributed by atoms with Crippen molar-refractivity contribution in [3.8, 4) is 0 Å². The molecule has 3 aromatic carbocycles. The van der Waals surface area contributed by atoms with E-state index in [0.29, 0.717) is 12.1 Å². The normalized spacial score (nSPS) is 11.4. The van der Waals surface area contributed by atoms with Gasteiger partial charge in [-0.15, -0.1) is 0 Å². The lowest BCUT2D eigenvalue weighted by molar-refractivity contribution is -0.384. The lowest BCUT2D eigenvalue weighted by Gasteiger charge is -2.05. The first-order chi connectivity index (χ1) is 16.5. The first kappa shape index (κ1) is 21.6. The van der Waals surface area contributed by atoms with Crippen molar-refractivity contribution in [3.05, 3.63) is 110 Å². The summed E-state index contributed by atoms with van der Waals surface area (Å²) in [5.74, 6) is -0.290. The van der Waals surface area contributed by atoms with Crippen molar-refractivity contribution in [2.24, 2.45) is 5.10 Å². The largest absolute Gasteiger partial charge is 0.451 e. The smallest absolute Gasteiger partial charge is 0.307 e. The fourth-order valence-corrected chi connectivity index (χ4v) is 4.19. The number of non-ortho nitro benzene ring substituents is 1. The van der Waals surface area contributed by atoms with Crippen molar-refractivity contribution in [1.29, 1.82) is 0 Å². The Morgan fingerprint density at radius 3 is 2.82 bits per heavy atom. The average Bonchev–Trinajstić information content (AvgIpc) is 3.41. The molecule has 0 saturated heterocycles. The van der Waals surface area contributed by atoms with E-state index in [0.717, 1.165) is 31.9 Å². The number of benzene rings is 3. The van der Waals surface area contributed by atoms with Gasteiger partial charge in [0.1, 0.15) is 5.58 Å². The van der Waals surface area contributed by atoms with Gasteiger partial charge in [0.05, 0.1) is 11.1 Å². The number of nitro benzene ring substituents is 1. The van der Waals surface area contributed by atoms with Crippen LogP contribution in [0, 0.1) is 10.1 Å². The lowest BCUT2D eigenvalue weighted by Crippen LogP contribution is -2.16. The van der Waals surface area contributed by atoms with Crippen LogP contribution >= 0.6 is 15.9 Å². The molecule has 34 heavy (non-hydrogen) atoms. The molecule has 2 aromatic heterocycles. The number of furan rings is 1. The van der Waals surface area contributed by atoms with E-state index in [1.54, 1.807) is 30.5 Å². The van der Waals surface area contributed by atoms with Crippen LogP contribution in [0.3, 0.4) is 0 Å². The summed E-state index contributed by atoms with van der Waals surface area (Å²) in [4.78, 5) is 23.2. The first-order valence-electron chi connectivity index (χ1n) is 10.3. The van der Waals surface area contributed by atoms with Crippen LogP contribution in [0.4, 0.5) is 5.69 Å². The number of carbonyl (C=O) groups is 1. The maximum Gasteiger partial charge on any atom is 0.307 e. The molecule has 0 aliphatic heterocycles. The average molecular weight is 517 g/mol. The Morgan fingerprint density at radius 1 is 1.12 bits per heavy atom. The van der Waals surface area contributed by atoms with Gasteiger partial charge in [0.2, 0.25) is 0 Å². The SMILES string of the molecule is O=C(N/N=C/c1cn(Cc2cccc([N+](=O)[O-])c2)c2ccccc12)c1cc2cc(Br)ccc2o1. The fourth-order valence-electron chi connectivity index (χ4n) is 3.82. The highest BCUT2D eigenvalue weighted by atomic mass is 79.9. The molecule has 9 heteroatoms. The number of hydrogen-bond donors (Lipinski definition) is 1. The molecular formula is C25H17BrN4O4. The summed E-state index contributed by atoms with van der Waals surface area (Å²) in [6.07, 6.45) is 3.47. The molecule has 1 amide bonds. The number of nitro groups is 1. The summed E-state index contributed by atoms with van der Waals surface area (Å²) in [7, 11) is 0. The number of hydrogen-bond acceptors (Lipinski definition) is 5. The summed E-state index contributed by atoms with van der Waals surface area (Å²) in [6.45, 7) is 0.455. The van der Waals surface area contributed by atoms with Gasteiger partial charge < -0.3 is 8.98 Å². The van der Waals surface area contributed by atoms with Crippen molar-refractivity contribution < 1.29 is 14.1 Å². The van der Waals surface area contributed by atoms with E-state index in [4.69, 9.17) is 4.42 Å². The fraction of sp³-hybridized carbons (Fsp3) is 0.0400. The Hall–Kier alpha value is -4.24. The number of halogens is 1. The molecule has 1 N–H and O–H groups in total. The summed E-state index contributed by atoms with van der Waals surface area (Å²) in [5, 5.41) is 17.0. The lowest BCUT2D eigenvalue weighted by atomic mass is 10.2.